The molecule has 1 aromatic carbocycles. The van der Waals surface area contributed by atoms with Crippen molar-refractivity contribution in [1.29, 1.82) is 0 Å². The number of benzene rings is 1. The topological polar surface area (TPSA) is 59.8 Å². The van der Waals surface area contributed by atoms with Crippen LogP contribution >= 0.6 is 0 Å². The second-order valence-electron chi connectivity index (χ2n) is 5.53. The molecule has 0 spiro atoms. The Morgan fingerprint density at radius 3 is 3.00 bits per heavy atom. The average Bonchev–Trinajstić information content (AvgIpc) is 3.01. The summed E-state index contributed by atoms with van der Waals surface area (Å²) in [7, 11) is 0. The van der Waals surface area contributed by atoms with Gasteiger partial charge in [0, 0.05) is 31.2 Å². The summed E-state index contributed by atoms with van der Waals surface area (Å²) >= 11 is 0. The van der Waals surface area contributed by atoms with Gasteiger partial charge in [-0.25, -0.2) is 4.98 Å². The van der Waals surface area contributed by atoms with E-state index in [4.69, 9.17) is 0 Å². The van der Waals surface area contributed by atoms with Crippen LogP contribution in [-0.4, -0.2) is 20.4 Å². The lowest BCUT2D eigenvalue weighted by atomic mass is 10.1. The lowest BCUT2D eigenvalue weighted by Gasteiger charge is -2.03. The number of hydrogen-bond donors (Lipinski definition) is 1. The average molecular weight is 318 g/mol. The maximum Gasteiger partial charge on any atom is 0.249 e. The van der Waals surface area contributed by atoms with Crippen molar-refractivity contribution >= 4 is 17.8 Å². The van der Waals surface area contributed by atoms with Crippen LogP contribution < -0.4 is 5.32 Å². The Hall–Kier alpha value is -3.21. The Morgan fingerprint density at radius 2 is 2.21 bits per heavy atom. The first-order valence-electron chi connectivity index (χ1n) is 7.65. The normalized spacial score (nSPS) is 10.9. The van der Waals surface area contributed by atoms with Crippen LogP contribution in [0.2, 0.25) is 0 Å². The minimum atomic E-state index is -0.223. The Labute approximate surface area is 140 Å². The fourth-order valence-corrected chi connectivity index (χ4v) is 2.35. The van der Waals surface area contributed by atoms with Gasteiger partial charge in [0.05, 0.1) is 6.33 Å². The van der Waals surface area contributed by atoms with E-state index in [1.54, 1.807) is 24.8 Å². The number of pyridine rings is 1. The summed E-state index contributed by atoms with van der Waals surface area (Å²) in [5.74, 6) is 0.308. The third-order valence-electron chi connectivity index (χ3n) is 3.44. The van der Waals surface area contributed by atoms with E-state index >= 15 is 0 Å². The first-order chi connectivity index (χ1) is 11.7. The van der Waals surface area contributed by atoms with Crippen LogP contribution in [-0.2, 0) is 11.3 Å². The van der Waals surface area contributed by atoms with Crippen LogP contribution in [0.25, 0.3) is 6.08 Å². The van der Waals surface area contributed by atoms with Crippen LogP contribution in [0.4, 0.5) is 5.82 Å². The van der Waals surface area contributed by atoms with Crippen LogP contribution in [0.1, 0.15) is 16.7 Å². The van der Waals surface area contributed by atoms with Crippen LogP contribution in [0, 0.1) is 6.92 Å². The predicted molar refractivity (Wildman–Crippen MR) is 94.4 cm³/mol. The van der Waals surface area contributed by atoms with Gasteiger partial charge in [0.25, 0.3) is 0 Å². The molecule has 0 saturated carbocycles. The first kappa shape index (κ1) is 15.7. The van der Waals surface area contributed by atoms with Crippen molar-refractivity contribution in [1.82, 2.24) is 14.5 Å². The van der Waals surface area contributed by atoms with Gasteiger partial charge in [-0.3, -0.25) is 9.78 Å². The van der Waals surface area contributed by atoms with Gasteiger partial charge in [-0.2, -0.15) is 0 Å². The second-order valence-corrected chi connectivity index (χ2v) is 5.53. The van der Waals surface area contributed by atoms with Crippen molar-refractivity contribution in [2.24, 2.45) is 0 Å². The summed E-state index contributed by atoms with van der Waals surface area (Å²) in [4.78, 5) is 20.1. The number of carbonyl (C=O) groups is 1. The lowest BCUT2D eigenvalue weighted by Crippen LogP contribution is -2.08. The van der Waals surface area contributed by atoms with Gasteiger partial charge in [0.2, 0.25) is 5.91 Å². The summed E-state index contributed by atoms with van der Waals surface area (Å²) in [6.45, 7) is 2.79. The number of amides is 1. The molecule has 0 aliphatic heterocycles. The van der Waals surface area contributed by atoms with E-state index in [1.807, 2.05) is 29.0 Å². The molecular weight excluding hydrogens is 300 g/mol. The fraction of sp³-hybridized carbons (Fsp3) is 0.105. The molecule has 0 fully saturated rings. The van der Waals surface area contributed by atoms with E-state index in [9.17, 15) is 4.79 Å². The van der Waals surface area contributed by atoms with Gasteiger partial charge in [-0.1, -0.05) is 35.9 Å². The molecule has 2 heterocycles. The molecule has 1 N–H and O–H groups in total. The van der Waals surface area contributed by atoms with Crippen LogP contribution in [0.15, 0.2) is 67.4 Å². The molecule has 0 unspecified atom stereocenters. The molecule has 0 aliphatic carbocycles. The van der Waals surface area contributed by atoms with Crippen molar-refractivity contribution < 1.29 is 4.79 Å². The number of rotatable bonds is 5. The molecule has 1 amide bonds. The first-order valence-corrected chi connectivity index (χ1v) is 7.65. The Balaban J connectivity index is 1.59. The molecule has 5 heteroatoms. The molecule has 3 aromatic rings. The van der Waals surface area contributed by atoms with Crippen molar-refractivity contribution in [2.75, 3.05) is 5.32 Å². The van der Waals surface area contributed by atoms with E-state index < -0.39 is 0 Å². The molecule has 0 atom stereocenters. The minimum Gasteiger partial charge on any atom is -0.331 e. The zero-order valence-corrected chi connectivity index (χ0v) is 13.4. The van der Waals surface area contributed by atoms with Crippen molar-refractivity contribution in [3.63, 3.8) is 0 Å². The van der Waals surface area contributed by atoms with E-state index in [2.05, 4.69) is 40.4 Å². The largest absolute Gasteiger partial charge is 0.331 e. The van der Waals surface area contributed by atoms with Gasteiger partial charge < -0.3 is 9.88 Å². The molecule has 0 aliphatic rings. The number of anilines is 1. The standard InChI is InChI=1S/C19H18N4O/c1-15-4-2-5-17(10-15)12-23-13-18(21-14-23)22-19(24)8-7-16-6-3-9-20-11-16/h2-11,13-14H,12H2,1H3,(H,22,24)/b8-7+. The van der Waals surface area contributed by atoms with Gasteiger partial charge in [-0.05, 0) is 30.2 Å². The van der Waals surface area contributed by atoms with Crippen LogP contribution in [0.3, 0.4) is 0 Å². The molecule has 3 rings (SSSR count). The third kappa shape index (κ3) is 4.39. The monoisotopic (exact) mass is 318 g/mol. The van der Waals surface area contributed by atoms with Crippen molar-refractivity contribution in [2.45, 2.75) is 13.5 Å². The zero-order valence-electron chi connectivity index (χ0n) is 13.4. The fourth-order valence-electron chi connectivity index (χ4n) is 2.35. The number of nitrogens with zero attached hydrogens (tertiary/aromatic N) is 3. The van der Waals surface area contributed by atoms with Gasteiger partial charge in [0.15, 0.2) is 5.82 Å². The van der Waals surface area contributed by atoms with E-state index in [0.29, 0.717) is 5.82 Å². The summed E-state index contributed by atoms with van der Waals surface area (Å²) in [6.07, 6.45) is 10.1. The Bertz CT molecular complexity index is 853. The molecule has 0 saturated heterocycles. The molecular formula is C19H18N4O. The Kier molecular flexibility index (Phi) is 4.81. The van der Waals surface area contributed by atoms with Gasteiger partial charge in [0.1, 0.15) is 0 Å². The smallest absolute Gasteiger partial charge is 0.249 e. The molecule has 0 bridgehead atoms. The number of imidazole rings is 1. The zero-order chi connectivity index (χ0) is 16.8. The summed E-state index contributed by atoms with van der Waals surface area (Å²) < 4.78 is 1.94. The van der Waals surface area contributed by atoms with Crippen molar-refractivity contribution in [3.8, 4) is 0 Å². The molecule has 24 heavy (non-hydrogen) atoms. The quantitative estimate of drug-likeness (QED) is 0.734. The highest BCUT2D eigenvalue weighted by Gasteiger charge is 2.03. The van der Waals surface area contributed by atoms with Crippen molar-refractivity contribution in [3.05, 3.63) is 84.1 Å². The molecule has 2 aromatic heterocycles. The maximum absolute atomic E-state index is 11.9. The maximum atomic E-state index is 11.9. The second kappa shape index (κ2) is 7.37. The summed E-state index contributed by atoms with van der Waals surface area (Å²) in [6, 6.07) is 12.0. The minimum absolute atomic E-state index is 0.223. The highest BCUT2D eigenvalue weighted by molar-refractivity contribution is 6.01. The number of nitrogens with one attached hydrogen (secondary N) is 1. The van der Waals surface area contributed by atoms with Gasteiger partial charge in [-0.15, -0.1) is 0 Å². The molecule has 5 nitrogen and oxygen atoms in total. The van der Waals surface area contributed by atoms with Gasteiger partial charge >= 0.3 is 0 Å². The number of hydrogen-bond acceptors (Lipinski definition) is 3. The number of aryl methyl sites for hydroxylation is 1. The summed E-state index contributed by atoms with van der Waals surface area (Å²) in [5.41, 5.74) is 3.29. The highest BCUT2D eigenvalue weighted by Crippen LogP contribution is 2.09. The van der Waals surface area contributed by atoms with E-state index in [-0.39, 0.29) is 5.91 Å². The molecule has 0 radical (unpaired) electrons. The Morgan fingerprint density at radius 1 is 1.29 bits per heavy atom. The summed E-state index contributed by atoms with van der Waals surface area (Å²) in [5, 5.41) is 2.75. The SMILES string of the molecule is Cc1cccc(Cn2cnc(NC(=O)/C=C/c3cccnc3)c2)c1. The van der Waals surface area contributed by atoms with E-state index in [0.717, 1.165) is 12.1 Å². The third-order valence-corrected chi connectivity index (χ3v) is 3.44. The van der Waals surface area contributed by atoms with Crippen LogP contribution in [0.5, 0.6) is 0 Å². The lowest BCUT2D eigenvalue weighted by molar-refractivity contribution is -0.111. The predicted octanol–water partition coefficient (Wildman–Crippen LogP) is 3.29. The number of aromatic nitrogens is 3. The number of carbonyl (C=O) groups excluding carboxylic acids is 1. The van der Waals surface area contributed by atoms with E-state index in [1.165, 1.54) is 17.2 Å². The highest BCUT2D eigenvalue weighted by atomic mass is 16.1. The molecule has 120 valence electrons.